The summed E-state index contributed by atoms with van der Waals surface area (Å²) >= 11 is 3.58. The molecule has 1 atom stereocenters. The summed E-state index contributed by atoms with van der Waals surface area (Å²) in [6.07, 6.45) is 1.36. The van der Waals surface area contributed by atoms with E-state index in [0.717, 1.165) is 12.2 Å². The summed E-state index contributed by atoms with van der Waals surface area (Å²) in [5, 5.41) is 0. The SMILES string of the molecule is Cc1ccc2c(c1Br)C[C@@H](C)O2. The van der Waals surface area contributed by atoms with Crippen LogP contribution in [0.25, 0.3) is 0 Å². The Morgan fingerprint density at radius 1 is 1.50 bits per heavy atom. The van der Waals surface area contributed by atoms with Crippen LogP contribution in [0.15, 0.2) is 16.6 Å². The largest absolute Gasteiger partial charge is 0.490 e. The van der Waals surface area contributed by atoms with Gasteiger partial charge in [0, 0.05) is 16.5 Å². The molecule has 1 aliphatic heterocycles. The molecule has 1 heterocycles. The molecule has 0 amide bonds. The molecule has 0 saturated heterocycles. The molecule has 0 bridgehead atoms. The molecule has 2 heteroatoms. The summed E-state index contributed by atoms with van der Waals surface area (Å²) in [4.78, 5) is 0. The maximum absolute atomic E-state index is 5.61. The summed E-state index contributed by atoms with van der Waals surface area (Å²) in [7, 11) is 0. The minimum absolute atomic E-state index is 0.332. The van der Waals surface area contributed by atoms with Gasteiger partial charge in [0.15, 0.2) is 0 Å². The third-order valence-corrected chi connectivity index (χ3v) is 3.32. The minimum Gasteiger partial charge on any atom is -0.490 e. The number of fused-ring (bicyclic) bond motifs is 1. The van der Waals surface area contributed by atoms with Gasteiger partial charge in [0.25, 0.3) is 0 Å². The van der Waals surface area contributed by atoms with Gasteiger partial charge in [-0.15, -0.1) is 0 Å². The van der Waals surface area contributed by atoms with E-state index < -0.39 is 0 Å². The lowest BCUT2D eigenvalue weighted by atomic mass is 10.1. The lowest BCUT2D eigenvalue weighted by Gasteiger charge is -2.03. The Morgan fingerprint density at radius 2 is 2.25 bits per heavy atom. The zero-order chi connectivity index (χ0) is 8.72. The molecule has 1 aliphatic rings. The summed E-state index contributed by atoms with van der Waals surface area (Å²) < 4.78 is 6.82. The van der Waals surface area contributed by atoms with Gasteiger partial charge in [-0.1, -0.05) is 22.0 Å². The molecular formula is C10H11BrO. The van der Waals surface area contributed by atoms with Crippen LogP contribution in [0.2, 0.25) is 0 Å². The topological polar surface area (TPSA) is 9.23 Å². The van der Waals surface area contributed by atoms with E-state index >= 15 is 0 Å². The summed E-state index contributed by atoms with van der Waals surface area (Å²) in [5.41, 5.74) is 2.61. The molecule has 0 saturated carbocycles. The van der Waals surface area contributed by atoms with Crippen LogP contribution >= 0.6 is 15.9 Å². The van der Waals surface area contributed by atoms with Crippen molar-refractivity contribution in [3.05, 3.63) is 27.7 Å². The Labute approximate surface area is 80.9 Å². The molecule has 0 fully saturated rings. The number of hydrogen-bond donors (Lipinski definition) is 0. The molecule has 0 N–H and O–H groups in total. The van der Waals surface area contributed by atoms with E-state index in [2.05, 4.69) is 41.9 Å². The first-order valence-corrected chi connectivity index (χ1v) is 4.92. The van der Waals surface area contributed by atoms with E-state index in [9.17, 15) is 0 Å². The molecule has 0 spiro atoms. The van der Waals surface area contributed by atoms with Crippen LogP contribution in [-0.2, 0) is 6.42 Å². The van der Waals surface area contributed by atoms with Gasteiger partial charge in [0.2, 0.25) is 0 Å². The van der Waals surface area contributed by atoms with Gasteiger partial charge in [-0.3, -0.25) is 0 Å². The molecule has 2 rings (SSSR count). The molecule has 64 valence electrons. The van der Waals surface area contributed by atoms with E-state index in [1.165, 1.54) is 15.6 Å². The van der Waals surface area contributed by atoms with Crippen LogP contribution < -0.4 is 4.74 Å². The van der Waals surface area contributed by atoms with Crippen molar-refractivity contribution in [3.8, 4) is 5.75 Å². The highest BCUT2D eigenvalue weighted by molar-refractivity contribution is 9.10. The fourth-order valence-corrected chi connectivity index (χ4v) is 2.06. The number of aryl methyl sites for hydroxylation is 1. The average molecular weight is 227 g/mol. The van der Waals surface area contributed by atoms with Crippen molar-refractivity contribution in [2.24, 2.45) is 0 Å². The lowest BCUT2D eigenvalue weighted by molar-refractivity contribution is 0.254. The molecule has 0 unspecified atom stereocenters. The first kappa shape index (κ1) is 8.11. The number of ether oxygens (including phenoxy) is 1. The predicted octanol–water partition coefficient (Wildman–Crippen LogP) is 3.08. The number of benzene rings is 1. The molecule has 1 aromatic carbocycles. The second kappa shape index (κ2) is 2.77. The van der Waals surface area contributed by atoms with Crippen LogP contribution in [0.5, 0.6) is 5.75 Å². The maximum Gasteiger partial charge on any atom is 0.124 e. The molecule has 1 aromatic rings. The van der Waals surface area contributed by atoms with Crippen molar-refractivity contribution in [2.45, 2.75) is 26.4 Å². The van der Waals surface area contributed by atoms with Crippen LogP contribution in [0.4, 0.5) is 0 Å². The van der Waals surface area contributed by atoms with Crippen LogP contribution in [-0.4, -0.2) is 6.10 Å². The van der Waals surface area contributed by atoms with Crippen molar-refractivity contribution in [3.63, 3.8) is 0 Å². The third-order valence-electron chi connectivity index (χ3n) is 2.21. The molecular weight excluding hydrogens is 216 g/mol. The summed E-state index contributed by atoms with van der Waals surface area (Å²) in [6, 6.07) is 4.14. The van der Waals surface area contributed by atoms with Crippen molar-refractivity contribution in [2.75, 3.05) is 0 Å². The van der Waals surface area contributed by atoms with Crippen LogP contribution in [0.1, 0.15) is 18.1 Å². The average Bonchev–Trinajstić information content (AvgIpc) is 2.39. The van der Waals surface area contributed by atoms with Gasteiger partial charge in [-0.25, -0.2) is 0 Å². The lowest BCUT2D eigenvalue weighted by Crippen LogP contribution is -2.05. The van der Waals surface area contributed by atoms with Crippen molar-refractivity contribution in [1.29, 1.82) is 0 Å². The molecule has 0 aliphatic carbocycles. The Hall–Kier alpha value is -0.500. The fraction of sp³-hybridized carbons (Fsp3) is 0.400. The maximum atomic E-state index is 5.61. The Balaban J connectivity index is 2.54. The Morgan fingerprint density at radius 3 is 3.00 bits per heavy atom. The molecule has 1 nitrogen and oxygen atoms in total. The van der Waals surface area contributed by atoms with E-state index in [1.54, 1.807) is 0 Å². The van der Waals surface area contributed by atoms with Crippen LogP contribution in [0, 0.1) is 6.92 Å². The quantitative estimate of drug-likeness (QED) is 0.661. The van der Waals surface area contributed by atoms with Gasteiger partial charge in [-0.2, -0.15) is 0 Å². The highest BCUT2D eigenvalue weighted by Gasteiger charge is 2.21. The Kier molecular flexibility index (Phi) is 1.87. The van der Waals surface area contributed by atoms with Crippen LogP contribution in [0.3, 0.4) is 0 Å². The smallest absolute Gasteiger partial charge is 0.124 e. The second-order valence-corrected chi connectivity index (χ2v) is 4.10. The number of rotatable bonds is 0. The van der Waals surface area contributed by atoms with E-state index in [1.807, 2.05) is 0 Å². The highest BCUT2D eigenvalue weighted by Crippen LogP contribution is 2.36. The first-order valence-electron chi connectivity index (χ1n) is 4.13. The fourth-order valence-electron chi connectivity index (χ4n) is 1.57. The second-order valence-electron chi connectivity index (χ2n) is 3.31. The van der Waals surface area contributed by atoms with Crippen molar-refractivity contribution >= 4 is 15.9 Å². The normalized spacial score (nSPS) is 20.4. The van der Waals surface area contributed by atoms with Gasteiger partial charge < -0.3 is 4.74 Å². The van der Waals surface area contributed by atoms with Crippen molar-refractivity contribution < 1.29 is 4.74 Å². The molecule has 0 radical (unpaired) electrons. The summed E-state index contributed by atoms with van der Waals surface area (Å²) in [6.45, 7) is 4.20. The molecule has 12 heavy (non-hydrogen) atoms. The minimum atomic E-state index is 0.332. The van der Waals surface area contributed by atoms with Gasteiger partial charge in [-0.05, 0) is 25.5 Å². The third kappa shape index (κ3) is 1.14. The van der Waals surface area contributed by atoms with E-state index in [4.69, 9.17) is 4.74 Å². The monoisotopic (exact) mass is 226 g/mol. The van der Waals surface area contributed by atoms with E-state index in [0.29, 0.717) is 6.10 Å². The first-order chi connectivity index (χ1) is 5.68. The Bertz CT molecular complexity index is 320. The zero-order valence-electron chi connectivity index (χ0n) is 7.23. The molecule has 0 aromatic heterocycles. The van der Waals surface area contributed by atoms with Gasteiger partial charge >= 0.3 is 0 Å². The highest BCUT2D eigenvalue weighted by atomic mass is 79.9. The summed E-state index contributed by atoms with van der Waals surface area (Å²) in [5.74, 6) is 1.04. The number of hydrogen-bond acceptors (Lipinski definition) is 1. The van der Waals surface area contributed by atoms with Crippen molar-refractivity contribution in [1.82, 2.24) is 0 Å². The van der Waals surface area contributed by atoms with Gasteiger partial charge in [0.1, 0.15) is 11.9 Å². The standard InChI is InChI=1S/C10H11BrO/c1-6-3-4-9-8(10(6)11)5-7(2)12-9/h3-4,7H,5H2,1-2H3/t7-/m1/s1. The zero-order valence-corrected chi connectivity index (χ0v) is 8.81. The van der Waals surface area contributed by atoms with Gasteiger partial charge in [0.05, 0.1) is 0 Å². The van der Waals surface area contributed by atoms with E-state index in [-0.39, 0.29) is 0 Å². The number of halogens is 1. The predicted molar refractivity (Wildman–Crippen MR) is 52.7 cm³/mol.